The number of aromatic nitrogens is 1. The second kappa shape index (κ2) is 9.84. The highest BCUT2D eigenvalue weighted by Crippen LogP contribution is 2.34. The highest BCUT2D eigenvalue weighted by molar-refractivity contribution is 7.26. The minimum atomic E-state index is -0.0408. The third-order valence-corrected chi connectivity index (χ3v) is 5.69. The van der Waals surface area contributed by atoms with Gasteiger partial charge in [0.05, 0.1) is 26.6 Å². The lowest BCUT2D eigenvalue weighted by molar-refractivity contribution is 0.0957. The molecule has 0 radical (unpaired) electrons. The molecule has 134 valence electrons. The number of carbonyl (C=O) groups excluding carboxylic acids is 1. The van der Waals surface area contributed by atoms with Gasteiger partial charge in [0.1, 0.15) is 5.01 Å². The second-order valence-electron chi connectivity index (χ2n) is 5.15. The molecule has 2 N–H and O–H groups in total. The molecule has 2 aromatic heterocycles. The maximum Gasteiger partial charge on any atom is 0.261 e. The summed E-state index contributed by atoms with van der Waals surface area (Å²) in [6.07, 6.45) is 0. The number of nitrogens with one attached hydrogen (secondary N) is 2. The van der Waals surface area contributed by atoms with Crippen LogP contribution in [0.1, 0.15) is 9.67 Å². The summed E-state index contributed by atoms with van der Waals surface area (Å²) in [5.74, 6) is -0.0408. The van der Waals surface area contributed by atoms with Crippen LogP contribution in [0.25, 0.3) is 20.1 Å². The Labute approximate surface area is 160 Å². The summed E-state index contributed by atoms with van der Waals surface area (Å²) < 4.78 is 6.11. The van der Waals surface area contributed by atoms with E-state index in [-0.39, 0.29) is 18.3 Å². The van der Waals surface area contributed by atoms with E-state index in [1.54, 1.807) is 18.4 Å². The molecule has 0 unspecified atom stereocenters. The van der Waals surface area contributed by atoms with Gasteiger partial charge in [-0.2, -0.15) is 0 Å². The molecule has 0 atom stereocenters. The van der Waals surface area contributed by atoms with Crippen molar-refractivity contribution in [2.45, 2.75) is 0 Å². The fraction of sp³-hybridized carbons (Fsp3) is 0.294. The van der Waals surface area contributed by atoms with Crippen molar-refractivity contribution < 1.29 is 9.53 Å². The van der Waals surface area contributed by atoms with Gasteiger partial charge in [-0.3, -0.25) is 4.79 Å². The number of carbonyl (C=O) groups is 1. The van der Waals surface area contributed by atoms with Crippen LogP contribution >= 0.6 is 35.1 Å². The standard InChI is InChI=1S/C17H19N3O2S2.ClH/c1-22-11-10-18-8-9-19-16(21)14-6-7-15(23-14)17-20-12-4-2-3-5-13(12)24-17;/h2-7,18H,8-11H2,1H3,(H,19,21);1H. The lowest BCUT2D eigenvalue weighted by Gasteiger charge is -2.05. The predicted octanol–water partition coefficient (Wildman–Crippen LogP) is 3.41. The van der Waals surface area contributed by atoms with Crippen LogP contribution in [0.5, 0.6) is 0 Å². The number of hydrogen-bond acceptors (Lipinski definition) is 6. The normalized spacial score (nSPS) is 10.6. The van der Waals surface area contributed by atoms with Crippen molar-refractivity contribution in [2.75, 3.05) is 33.4 Å². The molecule has 0 fully saturated rings. The topological polar surface area (TPSA) is 63.2 Å². The van der Waals surface area contributed by atoms with E-state index in [2.05, 4.69) is 21.7 Å². The highest BCUT2D eigenvalue weighted by atomic mass is 35.5. The highest BCUT2D eigenvalue weighted by Gasteiger charge is 2.12. The summed E-state index contributed by atoms with van der Waals surface area (Å²) in [5, 5.41) is 7.07. The lowest BCUT2D eigenvalue weighted by Crippen LogP contribution is -2.32. The molecule has 0 spiro atoms. The van der Waals surface area contributed by atoms with Gasteiger partial charge in [0.2, 0.25) is 0 Å². The molecule has 1 amide bonds. The van der Waals surface area contributed by atoms with Gasteiger partial charge >= 0.3 is 0 Å². The van der Waals surface area contributed by atoms with E-state index in [4.69, 9.17) is 4.74 Å². The van der Waals surface area contributed by atoms with Gasteiger partial charge in [0, 0.05) is 26.7 Å². The van der Waals surface area contributed by atoms with Crippen LogP contribution in [0.2, 0.25) is 0 Å². The Morgan fingerprint density at radius 1 is 1.12 bits per heavy atom. The Balaban J connectivity index is 0.00000225. The maximum absolute atomic E-state index is 12.2. The van der Waals surface area contributed by atoms with Crippen LogP contribution in [0.4, 0.5) is 0 Å². The van der Waals surface area contributed by atoms with E-state index in [0.29, 0.717) is 18.0 Å². The third kappa shape index (κ3) is 5.23. The molecule has 5 nitrogen and oxygen atoms in total. The van der Waals surface area contributed by atoms with Crippen LogP contribution in [0, 0.1) is 0 Å². The molecule has 0 bridgehead atoms. The third-order valence-electron chi connectivity index (χ3n) is 3.40. The number of nitrogens with zero attached hydrogens (tertiary/aromatic N) is 1. The van der Waals surface area contributed by atoms with Crippen LogP contribution in [0.15, 0.2) is 36.4 Å². The van der Waals surface area contributed by atoms with Gasteiger partial charge in [-0.25, -0.2) is 4.98 Å². The summed E-state index contributed by atoms with van der Waals surface area (Å²) in [6, 6.07) is 11.9. The molecule has 1 aromatic carbocycles. The van der Waals surface area contributed by atoms with Gasteiger partial charge in [-0.05, 0) is 24.3 Å². The van der Waals surface area contributed by atoms with Crippen molar-refractivity contribution in [1.29, 1.82) is 0 Å². The molecule has 2 heterocycles. The number of thiophene rings is 1. The minimum absolute atomic E-state index is 0. The van der Waals surface area contributed by atoms with Crippen LogP contribution in [-0.4, -0.2) is 44.2 Å². The van der Waals surface area contributed by atoms with Gasteiger partial charge in [0.15, 0.2) is 0 Å². The van der Waals surface area contributed by atoms with Crippen molar-refractivity contribution in [1.82, 2.24) is 15.6 Å². The predicted molar refractivity (Wildman–Crippen MR) is 107 cm³/mol. The van der Waals surface area contributed by atoms with Crippen molar-refractivity contribution in [2.24, 2.45) is 0 Å². The van der Waals surface area contributed by atoms with E-state index in [1.165, 1.54) is 11.3 Å². The number of hydrogen-bond donors (Lipinski definition) is 2. The van der Waals surface area contributed by atoms with E-state index in [9.17, 15) is 4.79 Å². The van der Waals surface area contributed by atoms with Crippen molar-refractivity contribution in [3.63, 3.8) is 0 Å². The van der Waals surface area contributed by atoms with Crippen molar-refractivity contribution in [3.05, 3.63) is 41.3 Å². The Kier molecular flexibility index (Phi) is 7.80. The first-order chi connectivity index (χ1) is 11.8. The van der Waals surface area contributed by atoms with E-state index < -0.39 is 0 Å². The number of ether oxygens (including phenoxy) is 1. The van der Waals surface area contributed by atoms with Crippen LogP contribution < -0.4 is 10.6 Å². The first-order valence-electron chi connectivity index (χ1n) is 7.71. The molecule has 0 saturated heterocycles. The zero-order chi connectivity index (χ0) is 16.8. The Morgan fingerprint density at radius 3 is 2.76 bits per heavy atom. The monoisotopic (exact) mass is 397 g/mol. The SMILES string of the molecule is COCCNCCNC(=O)c1ccc(-c2nc3ccccc3s2)s1.Cl. The van der Waals surface area contributed by atoms with E-state index in [0.717, 1.165) is 33.2 Å². The van der Waals surface area contributed by atoms with Gasteiger partial charge in [0.25, 0.3) is 5.91 Å². The first kappa shape index (κ1) is 19.8. The zero-order valence-electron chi connectivity index (χ0n) is 13.8. The molecule has 0 aliphatic heterocycles. The quantitative estimate of drug-likeness (QED) is 0.572. The smallest absolute Gasteiger partial charge is 0.261 e. The number of thiazole rings is 1. The number of benzene rings is 1. The summed E-state index contributed by atoms with van der Waals surface area (Å²) in [7, 11) is 1.67. The van der Waals surface area contributed by atoms with Gasteiger partial charge in [-0.1, -0.05) is 12.1 Å². The Morgan fingerprint density at radius 2 is 1.96 bits per heavy atom. The summed E-state index contributed by atoms with van der Waals surface area (Å²) in [5.41, 5.74) is 0.999. The van der Waals surface area contributed by atoms with Crippen molar-refractivity contribution >= 4 is 51.2 Å². The number of rotatable bonds is 8. The fourth-order valence-electron chi connectivity index (χ4n) is 2.20. The number of halogens is 1. The average Bonchev–Trinajstić information content (AvgIpc) is 3.24. The minimum Gasteiger partial charge on any atom is -0.383 e. The molecule has 3 rings (SSSR count). The Bertz CT molecular complexity index is 786. The largest absolute Gasteiger partial charge is 0.383 e. The molecule has 0 aliphatic carbocycles. The average molecular weight is 398 g/mol. The van der Waals surface area contributed by atoms with E-state index >= 15 is 0 Å². The molecular formula is C17H20ClN3O2S2. The molecular weight excluding hydrogens is 378 g/mol. The van der Waals surface area contributed by atoms with Crippen LogP contribution in [-0.2, 0) is 4.74 Å². The summed E-state index contributed by atoms with van der Waals surface area (Å²) in [4.78, 5) is 18.6. The zero-order valence-corrected chi connectivity index (χ0v) is 16.2. The molecule has 3 aromatic rings. The molecule has 0 saturated carbocycles. The second-order valence-corrected chi connectivity index (χ2v) is 7.26. The van der Waals surface area contributed by atoms with Gasteiger partial charge in [-0.15, -0.1) is 35.1 Å². The van der Waals surface area contributed by atoms with E-state index in [1.807, 2.05) is 30.3 Å². The van der Waals surface area contributed by atoms with Gasteiger partial charge < -0.3 is 15.4 Å². The Hall–Kier alpha value is -1.51. The number of methoxy groups -OCH3 is 1. The maximum atomic E-state index is 12.2. The number of amides is 1. The summed E-state index contributed by atoms with van der Waals surface area (Å²) in [6.45, 7) is 2.78. The molecule has 8 heteroatoms. The first-order valence-corrected chi connectivity index (χ1v) is 9.35. The van der Waals surface area contributed by atoms with Crippen molar-refractivity contribution in [3.8, 4) is 9.88 Å². The molecule has 25 heavy (non-hydrogen) atoms. The number of fused-ring (bicyclic) bond motifs is 1. The fourth-order valence-corrected chi connectivity index (χ4v) is 4.15. The summed E-state index contributed by atoms with van der Waals surface area (Å²) >= 11 is 3.13. The molecule has 0 aliphatic rings. The lowest BCUT2D eigenvalue weighted by atomic mass is 10.3. The number of para-hydroxylation sites is 1. The van der Waals surface area contributed by atoms with Crippen LogP contribution in [0.3, 0.4) is 0 Å².